The normalized spacial score (nSPS) is 17.7. The second-order valence-electron chi connectivity index (χ2n) is 26.8. The molecule has 24 heteroatoms. The Kier molecular flexibility index (Phi) is 42.3. The van der Waals surface area contributed by atoms with E-state index in [0.717, 1.165) is 59.3 Å². The Morgan fingerprint density at radius 1 is 0.254 bits per heavy atom. The van der Waals surface area contributed by atoms with Crippen LogP contribution in [0.15, 0.2) is 146 Å². The van der Waals surface area contributed by atoms with Crippen LogP contribution in [0, 0.1) is 0 Å². The first-order valence-electron chi connectivity index (χ1n) is 50.1. The number of aliphatic hydroxyl groups is 6. The fourth-order valence-electron chi connectivity index (χ4n) is 9.05. The van der Waals surface area contributed by atoms with Crippen molar-refractivity contribution in [2.24, 2.45) is 0 Å². The highest BCUT2D eigenvalue weighted by Crippen LogP contribution is 2.19. The first kappa shape index (κ1) is 70.4. The van der Waals surface area contributed by atoms with Crippen molar-refractivity contribution in [2.45, 2.75) is 194 Å². The van der Waals surface area contributed by atoms with Gasteiger partial charge in [-0.25, -0.2) is 0 Å². The van der Waals surface area contributed by atoms with Crippen LogP contribution in [0.25, 0.3) is 0 Å². The van der Waals surface area contributed by atoms with Crippen molar-refractivity contribution >= 4 is 0 Å². The van der Waals surface area contributed by atoms with Gasteiger partial charge in [-0.2, -0.15) is 0 Å². The van der Waals surface area contributed by atoms with Crippen LogP contribution >= 0.6 is 0 Å². The van der Waals surface area contributed by atoms with Gasteiger partial charge in [-0.3, -0.25) is 0 Å². The van der Waals surface area contributed by atoms with E-state index < -0.39 is 122 Å². The summed E-state index contributed by atoms with van der Waals surface area (Å²) in [6, 6.07) is 37.8. The average molecular weight is 1630 g/mol. The van der Waals surface area contributed by atoms with Crippen molar-refractivity contribution in [3.05, 3.63) is 179 Å². The first-order valence-corrected chi connectivity index (χ1v) is 38.1. The predicted molar refractivity (Wildman–Crippen MR) is 460 cm³/mol. The van der Waals surface area contributed by atoms with Crippen LogP contribution in [0.4, 0.5) is 0 Å². The Labute approximate surface area is 719 Å². The molecule has 12 N–H and O–H groups in total. The molecule has 0 amide bonds. The summed E-state index contributed by atoms with van der Waals surface area (Å²) in [5.41, 5.74) is 6.42. The van der Waals surface area contributed by atoms with Crippen molar-refractivity contribution < 1.29 is 120 Å². The molecule has 0 aliphatic rings. The molecule has 24 nitrogen and oxygen atoms in total. The van der Waals surface area contributed by atoms with E-state index >= 15 is 0 Å². The summed E-state index contributed by atoms with van der Waals surface area (Å²) < 4.78 is 236. The molecule has 0 radical (unpaired) electrons. The lowest BCUT2D eigenvalue weighted by molar-refractivity contribution is 0.104. The van der Waals surface area contributed by atoms with Crippen LogP contribution in [0.1, 0.15) is 149 Å². The molecule has 0 spiro atoms. The summed E-state index contributed by atoms with van der Waals surface area (Å²) in [6.45, 7) is 3.00. The molecule has 0 aliphatic carbocycles. The van der Waals surface area contributed by atoms with Crippen LogP contribution in [0.3, 0.4) is 0 Å². The highest BCUT2D eigenvalue weighted by molar-refractivity contribution is 5.32. The van der Waals surface area contributed by atoms with Crippen LogP contribution in [-0.2, 0) is 66.9 Å². The van der Waals surface area contributed by atoms with Gasteiger partial charge < -0.3 is 119 Å². The molecule has 6 aromatic rings. The van der Waals surface area contributed by atoms with E-state index in [2.05, 4.69) is 31.9 Å². The largest absolute Gasteiger partial charge is 0.491 e. The minimum atomic E-state index is -3.09. The van der Waals surface area contributed by atoms with Crippen molar-refractivity contribution in [3.63, 3.8) is 0 Å². The first-order chi connectivity index (χ1) is 64.0. The molecule has 114 heavy (non-hydrogen) atoms. The third-order valence-corrected chi connectivity index (χ3v) is 15.4. The quantitative estimate of drug-likeness (QED) is 0.0169. The van der Waals surface area contributed by atoms with Gasteiger partial charge in [-0.15, -0.1) is 0 Å². The summed E-state index contributed by atoms with van der Waals surface area (Å²) in [5, 5.41) is 75.2. The van der Waals surface area contributed by atoms with Crippen molar-refractivity contribution in [1.29, 1.82) is 0 Å². The van der Waals surface area contributed by atoms with Crippen LogP contribution in [0.2, 0.25) is 0 Å². The summed E-state index contributed by atoms with van der Waals surface area (Å²) >= 11 is 0. The Hall–Kier alpha value is -6.60. The molecule has 6 aromatic carbocycles. The van der Waals surface area contributed by atoms with Crippen molar-refractivity contribution in [1.82, 2.24) is 31.9 Å². The number of hydrogen-bond acceptors (Lipinski definition) is 24. The SMILES string of the molecule is [2H]C(C)(C)NCC(O)COc1ccc(CCOC)cc1.[2H]C([2H])([2H])C(C)NCC(O)COc1ccc(CCOC)cc1.[2H]C([2H])([2H])C([2H])(C)NCC(O)COc1ccc(CCOC)cc1.[2H]C([2H])([2H])C([2H])(NCC(O)COc1ccc(CCOC)cc1)C([2H])([2H])[2H].[2H]C([2H])([2H])OCCc1ccc(OCC(O)CNC(C)C([2H])([2H])[2H])cc1.[2H]C([2H])([2H])OCCc1ccc(OCC(O)CNC(C)C)cc1. The number of aliphatic hydroxyl groups excluding tert-OH is 6. The third-order valence-electron chi connectivity index (χ3n) is 15.4. The minimum Gasteiger partial charge on any atom is -0.491 e. The maximum Gasteiger partial charge on any atom is 0.119 e. The van der Waals surface area contributed by atoms with Crippen LogP contribution in [0.5, 0.6) is 34.5 Å². The van der Waals surface area contributed by atoms with E-state index in [-0.39, 0.29) is 72.5 Å². The molecule has 9 atom stereocenters. The minimum absolute atomic E-state index is 0.0154. The summed E-state index contributed by atoms with van der Waals surface area (Å²) in [7, 11) is 1.90. The number of methoxy groups -OCH3 is 6. The summed E-state index contributed by atoms with van der Waals surface area (Å²) in [6.07, 6.45) is -0.582. The molecule has 648 valence electrons. The standard InChI is InChI=1S/6C15H25NO3/c6*1-12(2)16-10-14(17)11-19-15-6-4-13(5-7-15)8-9-18-3/h6*4-7,12,14,16-17H,8-11H2,1-3H3/i1D3,2D3,12D;1D3,12D;1D3,3D3;12D;3D3;1D3. The van der Waals surface area contributed by atoms with E-state index in [4.69, 9.17) is 89.7 Å². The fourth-order valence-corrected chi connectivity index (χ4v) is 9.05. The third kappa shape index (κ3) is 60.9. The van der Waals surface area contributed by atoms with Gasteiger partial charge in [0.25, 0.3) is 0 Å². The molecular weight excluding hydrogens is 1450 g/mol. The van der Waals surface area contributed by atoms with Gasteiger partial charge in [0.05, 0.1) is 47.9 Å². The lowest BCUT2D eigenvalue weighted by atomic mass is 10.1. The zero-order valence-electron chi connectivity index (χ0n) is 92.6. The van der Waals surface area contributed by atoms with E-state index in [1.165, 1.54) is 19.4 Å². The lowest BCUT2D eigenvalue weighted by Gasteiger charge is -2.15. The second kappa shape index (κ2) is 68.5. The van der Waals surface area contributed by atoms with E-state index in [0.29, 0.717) is 87.1 Å². The molecule has 0 bridgehead atoms. The predicted octanol–water partition coefficient (Wildman–Crippen LogP) is 9.68. The topological polar surface area (TPSA) is 304 Å². The van der Waals surface area contributed by atoms with Gasteiger partial charge in [0, 0.05) is 143 Å². The van der Waals surface area contributed by atoms with Gasteiger partial charge in [0.15, 0.2) is 0 Å². The Balaban J connectivity index is 0.000000830. The summed E-state index contributed by atoms with van der Waals surface area (Å²) in [4.78, 5) is 0. The molecule has 6 rings (SSSR count). The van der Waals surface area contributed by atoms with E-state index in [9.17, 15) is 30.6 Å². The number of hydrogen-bond donors (Lipinski definition) is 12. The van der Waals surface area contributed by atoms with Crippen LogP contribution in [-0.4, -0.2) is 265 Å². The zero-order chi connectivity index (χ0) is 105. The molecule has 0 fully saturated rings. The zero-order valence-corrected chi connectivity index (χ0v) is 68.6. The lowest BCUT2D eigenvalue weighted by Crippen LogP contribution is -2.35. The maximum absolute atomic E-state index is 9.92. The Morgan fingerprint density at radius 3 is 0.632 bits per heavy atom. The smallest absolute Gasteiger partial charge is 0.119 e. The molecule has 0 aromatic heterocycles. The van der Waals surface area contributed by atoms with E-state index in [1.807, 2.05) is 111 Å². The average Bonchev–Trinajstić information content (AvgIpc) is 0.771. The van der Waals surface area contributed by atoms with Gasteiger partial charge in [0.2, 0.25) is 0 Å². The highest BCUT2D eigenvalue weighted by atomic mass is 16.5. The molecule has 0 heterocycles. The van der Waals surface area contributed by atoms with Gasteiger partial charge >= 0.3 is 0 Å². The molecule has 9 unspecified atom stereocenters. The fraction of sp³-hybridized carbons (Fsp3) is 0.600. The number of benzene rings is 6. The van der Waals surface area contributed by atoms with Crippen LogP contribution < -0.4 is 60.3 Å². The molecule has 0 aliphatic heterocycles. The Morgan fingerprint density at radius 2 is 0.447 bits per heavy atom. The van der Waals surface area contributed by atoms with Gasteiger partial charge in [-0.1, -0.05) is 156 Å². The van der Waals surface area contributed by atoms with Gasteiger partial charge in [0.1, 0.15) is 111 Å². The molecule has 0 saturated heterocycles. The number of rotatable bonds is 54. The Bertz CT molecular complexity index is 4060. The number of ether oxygens (including phenoxy) is 12. The second-order valence-corrected chi connectivity index (χ2v) is 26.8. The molecular formula is C90H150N6O18. The van der Waals surface area contributed by atoms with E-state index in [1.54, 1.807) is 97.7 Å². The number of nitrogens with one attached hydrogen (secondary N) is 6. The van der Waals surface area contributed by atoms with Gasteiger partial charge in [-0.05, 0) is 145 Å². The highest BCUT2D eigenvalue weighted by Gasteiger charge is 2.13. The van der Waals surface area contributed by atoms with Crippen molar-refractivity contribution in [3.8, 4) is 34.5 Å². The molecule has 0 saturated carbocycles. The van der Waals surface area contributed by atoms with Crippen molar-refractivity contribution in [2.75, 3.05) is 161 Å². The maximum atomic E-state index is 9.92. The summed E-state index contributed by atoms with van der Waals surface area (Å²) in [5.74, 6) is 3.76. The monoisotopic (exact) mass is 1630 g/mol.